The van der Waals surface area contributed by atoms with Gasteiger partial charge < -0.3 is 16.1 Å². The number of nitrogens with one attached hydrogen (secondary N) is 3. The molecule has 260 valence electrons. The third-order valence-corrected chi connectivity index (χ3v) is 9.69. The van der Waals surface area contributed by atoms with Crippen molar-refractivity contribution in [2.75, 3.05) is 0 Å². The minimum absolute atomic E-state index is 0.0160. The molecule has 1 atom stereocenters. The van der Waals surface area contributed by atoms with Gasteiger partial charge in [0.05, 0.1) is 12.2 Å². The van der Waals surface area contributed by atoms with Crippen LogP contribution in [0.4, 0.5) is 0 Å². The predicted octanol–water partition coefficient (Wildman–Crippen LogP) is 6.88. The third-order valence-electron chi connectivity index (χ3n) is 9.69. The Labute approximate surface area is 302 Å². The quantitative estimate of drug-likeness (QED) is 0.169. The highest BCUT2D eigenvalue weighted by molar-refractivity contribution is 6.46. The van der Waals surface area contributed by atoms with Crippen molar-refractivity contribution >= 4 is 34.1 Å². The molecular weight excluding hydrogens is 651 g/mol. The molecule has 5 aromatic rings. The predicted molar refractivity (Wildman–Crippen MR) is 201 cm³/mol. The SMILES string of the molecule is CC(=O)C1=NNC(C)c2cc(-c3cc(C(=O)NC4CC4)ccc3C)ccc21.Cc1ccc(C(=O)NC2CC2)cc1-c1ccc2c(C#N)nncc2c1. The molecule has 8 rings (SSSR count). The van der Waals surface area contributed by atoms with Crippen LogP contribution in [0.15, 0.2) is 84.1 Å². The number of nitriles is 1. The number of rotatable bonds is 7. The number of hydrogen-bond donors (Lipinski definition) is 3. The van der Waals surface area contributed by atoms with Crippen LogP contribution in [0.2, 0.25) is 0 Å². The molecule has 0 spiro atoms. The molecule has 0 radical (unpaired) electrons. The van der Waals surface area contributed by atoms with Crippen LogP contribution in [0.1, 0.15) is 94.2 Å². The lowest BCUT2D eigenvalue weighted by atomic mass is 9.89. The standard InChI is InChI=1S/C22H23N3O2.C20H16N4O/c1-12-4-5-16(22(27)23-17-7-8-17)11-19(12)15-6-9-18-20(10-15)13(2)24-25-21(18)14(3)26;1-12-2-3-14(20(25)23-16-5-6-16)9-18(12)13-4-7-17-15(8-13)11-22-24-19(17)10-21/h4-6,9-11,13,17,24H,7-8H2,1-3H3,(H,23,27);2-4,7-9,11,16H,5-6H2,1H3,(H,23,25). The summed E-state index contributed by atoms with van der Waals surface area (Å²) >= 11 is 0. The van der Waals surface area contributed by atoms with Crippen LogP contribution < -0.4 is 16.1 Å². The smallest absolute Gasteiger partial charge is 0.251 e. The van der Waals surface area contributed by atoms with Crippen molar-refractivity contribution in [3.63, 3.8) is 0 Å². The van der Waals surface area contributed by atoms with E-state index in [0.29, 0.717) is 34.6 Å². The van der Waals surface area contributed by atoms with Crippen LogP contribution in [0.25, 0.3) is 33.0 Å². The van der Waals surface area contributed by atoms with Crippen LogP contribution in [-0.2, 0) is 4.79 Å². The molecule has 2 amide bonds. The number of carbonyl (C=O) groups excluding carboxylic acids is 3. The highest BCUT2D eigenvalue weighted by Crippen LogP contribution is 2.32. The van der Waals surface area contributed by atoms with E-state index in [9.17, 15) is 14.4 Å². The van der Waals surface area contributed by atoms with E-state index in [1.807, 2.05) is 87.5 Å². The zero-order valence-electron chi connectivity index (χ0n) is 29.6. The van der Waals surface area contributed by atoms with Gasteiger partial charge in [0.1, 0.15) is 11.8 Å². The van der Waals surface area contributed by atoms with E-state index in [4.69, 9.17) is 5.26 Å². The van der Waals surface area contributed by atoms with E-state index >= 15 is 0 Å². The van der Waals surface area contributed by atoms with Crippen molar-refractivity contribution in [3.8, 4) is 28.3 Å². The van der Waals surface area contributed by atoms with Crippen LogP contribution in [0, 0.1) is 25.2 Å². The number of fused-ring (bicyclic) bond motifs is 2. The van der Waals surface area contributed by atoms with Crippen molar-refractivity contribution in [3.05, 3.63) is 118 Å². The van der Waals surface area contributed by atoms with Gasteiger partial charge in [0.25, 0.3) is 11.8 Å². The number of nitrogens with zero attached hydrogens (tertiary/aromatic N) is 4. The van der Waals surface area contributed by atoms with E-state index in [2.05, 4.69) is 43.5 Å². The second-order valence-corrected chi connectivity index (χ2v) is 13.8. The van der Waals surface area contributed by atoms with Crippen molar-refractivity contribution in [1.82, 2.24) is 26.3 Å². The normalized spacial score (nSPS) is 15.9. The fourth-order valence-electron chi connectivity index (χ4n) is 6.34. The highest BCUT2D eigenvalue weighted by Gasteiger charge is 2.26. The van der Waals surface area contributed by atoms with Gasteiger partial charge in [0.2, 0.25) is 0 Å². The van der Waals surface area contributed by atoms with Crippen molar-refractivity contribution in [2.45, 2.75) is 71.5 Å². The van der Waals surface area contributed by atoms with Gasteiger partial charge in [-0.1, -0.05) is 36.4 Å². The number of hydrazone groups is 1. The molecular formula is C42H39N7O3. The molecule has 3 aliphatic rings. The maximum absolute atomic E-state index is 12.4. The number of hydrogen-bond acceptors (Lipinski definition) is 8. The Morgan fingerprint density at radius 3 is 1.90 bits per heavy atom. The van der Waals surface area contributed by atoms with Gasteiger partial charge in [-0.2, -0.15) is 15.5 Å². The Morgan fingerprint density at radius 1 is 0.769 bits per heavy atom. The Balaban J connectivity index is 0.000000162. The minimum Gasteiger partial charge on any atom is -0.349 e. The summed E-state index contributed by atoms with van der Waals surface area (Å²) in [6.45, 7) is 7.62. The summed E-state index contributed by atoms with van der Waals surface area (Å²) < 4.78 is 0. The van der Waals surface area contributed by atoms with Crippen LogP contribution in [-0.4, -0.2) is 45.6 Å². The highest BCUT2D eigenvalue weighted by atomic mass is 16.2. The van der Waals surface area contributed by atoms with Gasteiger partial charge in [-0.25, -0.2) is 0 Å². The van der Waals surface area contributed by atoms with Gasteiger partial charge in [-0.15, -0.1) is 5.10 Å². The second-order valence-electron chi connectivity index (χ2n) is 13.8. The number of carbonyl (C=O) groups is 3. The summed E-state index contributed by atoms with van der Waals surface area (Å²) in [5.41, 5.74) is 13.3. The van der Waals surface area contributed by atoms with Crippen LogP contribution >= 0.6 is 0 Å². The van der Waals surface area contributed by atoms with Gasteiger partial charge in [0.15, 0.2) is 11.5 Å². The molecule has 1 unspecified atom stereocenters. The molecule has 1 aliphatic heterocycles. The first kappa shape index (κ1) is 34.2. The van der Waals surface area contributed by atoms with E-state index in [1.165, 1.54) is 6.92 Å². The number of aryl methyl sites for hydroxylation is 2. The van der Waals surface area contributed by atoms with Gasteiger partial charge >= 0.3 is 0 Å². The van der Waals surface area contributed by atoms with E-state index in [0.717, 1.165) is 81.0 Å². The van der Waals surface area contributed by atoms with Gasteiger partial charge in [-0.05, 0) is 122 Å². The molecule has 2 fully saturated rings. The number of ketones is 1. The molecule has 2 saturated carbocycles. The minimum atomic E-state index is -0.0571. The molecule has 2 aliphatic carbocycles. The first-order valence-electron chi connectivity index (χ1n) is 17.6. The van der Waals surface area contributed by atoms with Crippen LogP contribution in [0.5, 0.6) is 0 Å². The lowest BCUT2D eigenvalue weighted by molar-refractivity contribution is -0.111. The number of Topliss-reactive ketones (excluding diaryl/α,β-unsaturated/α-hetero) is 1. The van der Waals surface area contributed by atoms with Crippen molar-refractivity contribution < 1.29 is 14.4 Å². The zero-order valence-corrected chi connectivity index (χ0v) is 29.6. The second kappa shape index (κ2) is 14.2. The zero-order chi connectivity index (χ0) is 36.5. The fraction of sp³-hybridized carbons (Fsp3) is 0.262. The number of benzene rings is 4. The summed E-state index contributed by atoms with van der Waals surface area (Å²) in [7, 11) is 0. The molecule has 0 bridgehead atoms. The molecule has 2 heterocycles. The summed E-state index contributed by atoms with van der Waals surface area (Å²) in [4.78, 5) is 36.6. The van der Waals surface area contributed by atoms with Crippen molar-refractivity contribution in [1.29, 1.82) is 5.26 Å². The first-order chi connectivity index (χ1) is 25.1. The number of aromatic nitrogens is 2. The third kappa shape index (κ3) is 7.30. The molecule has 1 aromatic heterocycles. The lowest BCUT2D eigenvalue weighted by Crippen LogP contribution is -2.28. The molecule has 0 saturated heterocycles. The topological polar surface area (TPSA) is 149 Å². The van der Waals surface area contributed by atoms with Crippen molar-refractivity contribution in [2.24, 2.45) is 5.10 Å². The maximum atomic E-state index is 12.4. The largest absolute Gasteiger partial charge is 0.349 e. The molecule has 3 N–H and O–H groups in total. The summed E-state index contributed by atoms with van der Waals surface area (Å²) in [5, 5.41) is 28.8. The lowest BCUT2D eigenvalue weighted by Gasteiger charge is -2.23. The number of amides is 2. The summed E-state index contributed by atoms with van der Waals surface area (Å²) in [5.74, 6) is -0.0989. The Kier molecular flexibility index (Phi) is 9.35. The summed E-state index contributed by atoms with van der Waals surface area (Å²) in [6, 6.07) is 26.2. The summed E-state index contributed by atoms with van der Waals surface area (Å²) in [6.07, 6.45) is 5.92. The average Bonchev–Trinajstić information content (AvgIpc) is 4.10. The Morgan fingerprint density at radius 2 is 1.35 bits per heavy atom. The van der Waals surface area contributed by atoms with Gasteiger partial charge in [-0.3, -0.25) is 14.4 Å². The van der Waals surface area contributed by atoms with Crippen LogP contribution in [0.3, 0.4) is 0 Å². The molecule has 52 heavy (non-hydrogen) atoms. The fourth-order valence-corrected chi connectivity index (χ4v) is 6.34. The molecule has 4 aromatic carbocycles. The maximum Gasteiger partial charge on any atom is 0.251 e. The van der Waals surface area contributed by atoms with Gasteiger partial charge in [0, 0.05) is 46.5 Å². The Bertz CT molecular complexity index is 2330. The first-order valence-corrected chi connectivity index (χ1v) is 17.6. The monoisotopic (exact) mass is 689 g/mol. The van der Waals surface area contributed by atoms with E-state index < -0.39 is 0 Å². The average molecular weight is 690 g/mol. The molecule has 10 nitrogen and oxygen atoms in total. The van der Waals surface area contributed by atoms with E-state index in [-0.39, 0.29) is 23.6 Å². The Hall–Kier alpha value is -6.21. The molecule has 10 heteroatoms. The van der Waals surface area contributed by atoms with E-state index in [1.54, 1.807) is 6.20 Å².